The van der Waals surface area contributed by atoms with Crippen molar-refractivity contribution in [2.24, 2.45) is 0 Å². The molecular weight excluding hydrogens is 603 g/mol. The van der Waals surface area contributed by atoms with Gasteiger partial charge in [0.25, 0.3) is 6.71 Å². The van der Waals surface area contributed by atoms with Crippen LogP contribution in [0.4, 0.5) is 0 Å². The molecule has 0 atom stereocenters. The second-order valence-electron chi connectivity index (χ2n) is 18.0. The molecule has 5 aromatic carbocycles. The highest BCUT2D eigenvalue weighted by molar-refractivity contribution is 7.00. The van der Waals surface area contributed by atoms with Crippen LogP contribution in [0.1, 0.15) is 84.6 Å². The Balaban J connectivity index is 1.55. The summed E-state index contributed by atoms with van der Waals surface area (Å²) < 4.78 is 5.31. The van der Waals surface area contributed by atoms with Crippen molar-refractivity contribution in [2.45, 2.75) is 85.5 Å². The number of fused-ring (bicyclic) bond motifs is 4. The Bertz CT molecular complexity index is 2520. The molecule has 2 aliphatic rings. The van der Waals surface area contributed by atoms with Gasteiger partial charge in [-0.2, -0.15) is 0 Å². The lowest BCUT2D eigenvalue weighted by Gasteiger charge is -2.35. The lowest BCUT2D eigenvalue weighted by atomic mass is 9.34. The first-order chi connectivity index (χ1) is 23.7. The molecule has 0 unspecified atom stereocenters. The number of aromatic nitrogens is 2. The molecule has 3 heteroatoms. The molecule has 0 saturated heterocycles. The summed E-state index contributed by atoms with van der Waals surface area (Å²) in [6, 6.07) is 39.4. The Hall–Kier alpha value is -4.76. The SMILES string of the molecule is Cc1cc2c3c(c1)-n1c(-c4ccccc4)c(C(C)(C)C)c4cc(C(C)(C)C)cc(c41)B3c1cccc3c(C(C)(C)C)c(-c4ccccc4)n-2c13. The summed E-state index contributed by atoms with van der Waals surface area (Å²) in [6.07, 6.45) is 0. The summed E-state index contributed by atoms with van der Waals surface area (Å²) in [5.74, 6) is 0. The van der Waals surface area contributed by atoms with Crippen LogP contribution in [0.25, 0.3) is 55.7 Å². The summed E-state index contributed by atoms with van der Waals surface area (Å²) in [4.78, 5) is 0. The molecule has 9 rings (SSSR count). The summed E-state index contributed by atoms with van der Waals surface area (Å²) in [7, 11) is 0. The van der Waals surface area contributed by atoms with Crippen molar-refractivity contribution in [1.82, 2.24) is 9.13 Å². The van der Waals surface area contributed by atoms with E-state index in [0.717, 1.165) is 0 Å². The fourth-order valence-electron chi connectivity index (χ4n) is 9.34. The minimum Gasteiger partial charge on any atom is -0.310 e. The van der Waals surface area contributed by atoms with E-state index >= 15 is 0 Å². The maximum atomic E-state index is 2.66. The monoisotopic (exact) mass is 650 g/mol. The molecule has 0 radical (unpaired) electrons. The molecule has 248 valence electrons. The fourth-order valence-corrected chi connectivity index (χ4v) is 9.34. The molecule has 0 spiro atoms. The van der Waals surface area contributed by atoms with Gasteiger partial charge in [0, 0.05) is 33.2 Å². The normalized spacial score (nSPS) is 13.8. The van der Waals surface area contributed by atoms with Crippen LogP contribution < -0.4 is 16.4 Å². The van der Waals surface area contributed by atoms with E-state index in [9.17, 15) is 0 Å². The first-order valence-electron chi connectivity index (χ1n) is 18.3. The molecule has 0 fully saturated rings. The number of hydrogen-bond acceptors (Lipinski definition) is 0. The van der Waals surface area contributed by atoms with Crippen LogP contribution in [0.3, 0.4) is 0 Å². The van der Waals surface area contributed by atoms with Gasteiger partial charge >= 0.3 is 0 Å². The predicted molar refractivity (Wildman–Crippen MR) is 216 cm³/mol. The van der Waals surface area contributed by atoms with Crippen molar-refractivity contribution in [2.75, 3.05) is 0 Å². The third-order valence-corrected chi connectivity index (χ3v) is 11.2. The standard InChI is InChI=1S/C47H47BN2/c1-28-24-36-40-37(25-28)50-42(30-20-15-12-16-21-30)39(47(8,9)10)33-26-31(45(2,3)4)27-35(44(33)50)48(40)34-23-17-22-32-38(46(5,6)7)41(49(36)43(32)34)29-18-13-11-14-19-29/h11-27H,1-10H3. The summed E-state index contributed by atoms with van der Waals surface area (Å²) in [5.41, 5.74) is 20.1. The largest absolute Gasteiger partial charge is 0.310 e. The first-order valence-corrected chi connectivity index (χ1v) is 18.3. The second kappa shape index (κ2) is 10.2. The van der Waals surface area contributed by atoms with Gasteiger partial charge in [-0.15, -0.1) is 0 Å². The maximum Gasteiger partial charge on any atom is 0.252 e. The van der Waals surface area contributed by atoms with Gasteiger partial charge in [0.1, 0.15) is 0 Å². The summed E-state index contributed by atoms with van der Waals surface area (Å²) in [6.45, 7) is 23.8. The van der Waals surface area contributed by atoms with Crippen LogP contribution in [0.5, 0.6) is 0 Å². The molecule has 0 saturated carbocycles. The number of aryl methyl sites for hydroxylation is 1. The Morgan fingerprint density at radius 2 is 0.980 bits per heavy atom. The van der Waals surface area contributed by atoms with Gasteiger partial charge in [-0.3, -0.25) is 0 Å². The van der Waals surface area contributed by atoms with Gasteiger partial charge < -0.3 is 9.13 Å². The van der Waals surface area contributed by atoms with Gasteiger partial charge in [0.05, 0.1) is 11.4 Å². The molecule has 2 nitrogen and oxygen atoms in total. The number of hydrogen-bond donors (Lipinski definition) is 0. The van der Waals surface area contributed by atoms with E-state index in [0.29, 0.717) is 0 Å². The van der Waals surface area contributed by atoms with Gasteiger partial charge in [0.15, 0.2) is 0 Å². The lowest BCUT2D eigenvalue weighted by molar-refractivity contribution is 0.588. The van der Waals surface area contributed by atoms with E-state index in [1.165, 1.54) is 94.3 Å². The van der Waals surface area contributed by atoms with Crippen LogP contribution in [0.2, 0.25) is 0 Å². The Morgan fingerprint density at radius 3 is 1.48 bits per heavy atom. The molecule has 4 heterocycles. The topological polar surface area (TPSA) is 9.86 Å². The average molecular weight is 651 g/mol. The van der Waals surface area contributed by atoms with Crippen molar-refractivity contribution >= 4 is 44.9 Å². The summed E-state index contributed by atoms with van der Waals surface area (Å²) >= 11 is 0. The molecule has 0 bridgehead atoms. The lowest BCUT2D eigenvalue weighted by Crippen LogP contribution is -2.59. The molecular formula is C47H47BN2. The zero-order valence-electron chi connectivity index (χ0n) is 31.3. The zero-order chi connectivity index (χ0) is 35.1. The minimum atomic E-state index is -0.0807. The van der Waals surface area contributed by atoms with E-state index in [2.05, 4.69) is 181 Å². The highest BCUT2D eigenvalue weighted by Crippen LogP contribution is 2.48. The van der Waals surface area contributed by atoms with E-state index in [1.54, 1.807) is 0 Å². The molecule has 0 N–H and O–H groups in total. The van der Waals surface area contributed by atoms with Crippen molar-refractivity contribution < 1.29 is 0 Å². The van der Waals surface area contributed by atoms with Gasteiger partial charge in [-0.05, 0) is 91.1 Å². The molecule has 2 aromatic heterocycles. The molecule has 0 amide bonds. The van der Waals surface area contributed by atoms with Crippen molar-refractivity contribution in [1.29, 1.82) is 0 Å². The quantitative estimate of drug-likeness (QED) is 0.165. The van der Waals surface area contributed by atoms with E-state index < -0.39 is 0 Å². The second-order valence-corrected chi connectivity index (χ2v) is 18.0. The Morgan fingerprint density at radius 1 is 0.480 bits per heavy atom. The zero-order valence-corrected chi connectivity index (χ0v) is 31.3. The van der Waals surface area contributed by atoms with E-state index in [4.69, 9.17) is 0 Å². The van der Waals surface area contributed by atoms with Crippen molar-refractivity contribution in [3.8, 4) is 33.9 Å². The van der Waals surface area contributed by atoms with E-state index in [1.807, 2.05) is 0 Å². The minimum absolute atomic E-state index is 0.00792. The molecule has 7 aromatic rings. The Kier molecular flexibility index (Phi) is 6.35. The van der Waals surface area contributed by atoms with Gasteiger partial charge in [0.2, 0.25) is 0 Å². The highest BCUT2D eigenvalue weighted by Gasteiger charge is 2.44. The maximum absolute atomic E-state index is 2.66. The Labute approximate surface area is 297 Å². The molecule has 2 aliphatic heterocycles. The van der Waals surface area contributed by atoms with Crippen LogP contribution in [-0.4, -0.2) is 15.8 Å². The molecule has 50 heavy (non-hydrogen) atoms. The number of rotatable bonds is 2. The first kappa shape index (κ1) is 31.2. The van der Waals surface area contributed by atoms with Crippen LogP contribution >= 0.6 is 0 Å². The smallest absolute Gasteiger partial charge is 0.252 e. The molecule has 0 aliphatic carbocycles. The third-order valence-electron chi connectivity index (χ3n) is 11.2. The predicted octanol–water partition coefficient (Wildman–Crippen LogP) is 10.3. The highest BCUT2D eigenvalue weighted by atomic mass is 15.1. The van der Waals surface area contributed by atoms with Crippen LogP contribution in [-0.2, 0) is 16.2 Å². The van der Waals surface area contributed by atoms with Gasteiger partial charge in [-0.1, -0.05) is 147 Å². The number of nitrogens with zero attached hydrogens (tertiary/aromatic N) is 2. The van der Waals surface area contributed by atoms with Crippen LogP contribution in [0.15, 0.2) is 103 Å². The number of benzene rings is 5. The average Bonchev–Trinajstić information content (AvgIpc) is 3.61. The third kappa shape index (κ3) is 4.22. The fraction of sp³-hybridized carbons (Fsp3) is 0.277. The van der Waals surface area contributed by atoms with Crippen LogP contribution in [0, 0.1) is 6.92 Å². The number of para-hydroxylation sites is 1. The van der Waals surface area contributed by atoms with Crippen molar-refractivity contribution in [3.05, 3.63) is 125 Å². The summed E-state index contributed by atoms with van der Waals surface area (Å²) in [5, 5.41) is 2.76. The van der Waals surface area contributed by atoms with Crippen molar-refractivity contribution in [3.63, 3.8) is 0 Å². The van der Waals surface area contributed by atoms with Gasteiger partial charge in [-0.25, -0.2) is 0 Å². The van der Waals surface area contributed by atoms with E-state index in [-0.39, 0.29) is 23.0 Å².